The molecule has 1 saturated heterocycles. The van der Waals surface area contributed by atoms with E-state index in [1.54, 1.807) is 35.7 Å². The minimum absolute atomic E-state index is 0.134. The zero-order valence-electron chi connectivity index (χ0n) is 20.9. The van der Waals surface area contributed by atoms with Gasteiger partial charge in [-0.15, -0.1) is 0 Å². The Morgan fingerprint density at radius 3 is 2.46 bits per heavy atom. The molecule has 4 heterocycles. The number of nitrogens with one attached hydrogen (secondary N) is 2. The highest BCUT2D eigenvalue weighted by molar-refractivity contribution is 5.85. The van der Waals surface area contributed by atoms with Crippen LogP contribution >= 0.6 is 0 Å². The summed E-state index contributed by atoms with van der Waals surface area (Å²) in [4.78, 5) is 20.4. The minimum Gasteiger partial charge on any atom is -0.488 e. The van der Waals surface area contributed by atoms with Crippen molar-refractivity contribution in [3.8, 4) is 5.75 Å². The van der Waals surface area contributed by atoms with Gasteiger partial charge in [0.15, 0.2) is 0 Å². The first kappa shape index (κ1) is 23.4. The van der Waals surface area contributed by atoms with Crippen LogP contribution in [0.25, 0.3) is 11.0 Å². The lowest BCUT2D eigenvalue weighted by atomic mass is 9.93. The Labute approximate surface area is 215 Å². The highest BCUT2D eigenvalue weighted by atomic mass is 16.5. The van der Waals surface area contributed by atoms with E-state index in [9.17, 15) is 0 Å². The highest BCUT2D eigenvalue weighted by Gasteiger charge is 2.24. The summed E-state index contributed by atoms with van der Waals surface area (Å²) in [6, 6.07) is 4.52. The van der Waals surface area contributed by atoms with Crippen molar-refractivity contribution in [1.29, 1.82) is 0 Å². The maximum Gasteiger partial charge on any atom is 0.222 e. The van der Waals surface area contributed by atoms with Crippen LogP contribution in [0.3, 0.4) is 0 Å². The number of aromatic nitrogens is 6. The summed E-state index contributed by atoms with van der Waals surface area (Å²) in [7, 11) is 1.88. The van der Waals surface area contributed by atoms with Gasteiger partial charge in [-0.3, -0.25) is 9.67 Å². The van der Waals surface area contributed by atoms with Crippen LogP contribution in [0.1, 0.15) is 25.7 Å². The second-order valence-electron chi connectivity index (χ2n) is 9.53. The van der Waals surface area contributed by atoms with Crippen molar-refractivity contribution in [3.05, 3.63) is 49.3 Å². The Balaban J connectivity index is 1.06. The van der Waals surface area contributed by atoms with Crippen molar-refractivity contribution in [1.82, 2.24) is 29.7 Å². The first-order valence-corrected chi connectivity index (χ1v) is 12.8. The number of hydrogen-bond acceptors (Lipinski definition) is 10. The molecule has 2 N–H and O–H groups in total. The SMILES string of the molecule is Cn1cc(Nc2cnc(NC3CCC(Oc4cc(N5CCOCC5)cc5nccnc45)CC3)nc2)cn1. The van der Waals surface area contributed by atoms with Crippen LogP contribution in [0.4, 0.5) is 23.0 Å². The molecule has 11 heteroatoms. The van der Waals surface area contributed by atoms with Gasteiger partial charge in [0.1, 0.15) is 11.3 Å². The summed E-state index contributed by atoms with van der Waals surface area (Å²) in [5.74, 6) is 1.45. The van der Waals surface area contributed by atoms with Gasteiger partial charge < -0.3 is 25.0 Å². The van der Waals surface area contributed by atoms with Crippen molar-refractivity contribution >= 4 is 34.0 Å². The predicted octanol–water partition coefficient (Wildman–Crippen LogP) is 3.54. The molecule has 1 aliphatic heterocycles. The van der Waals surface area contributed by atoms with Gasteiger partial charge in [-0.05, 0) is 31.7 Å². The number of morpholine rings is 1. The molecule has 11 nitrogen and oxygen atoms in total. The second-order valence-corrected chi connectivity index (χ2v) is 9.53. The maximum atomic E-state index is 6.54. The van der Waals surface area contributed by atoms with Crippen molar-refractivity contribution in [2.24, 2.45) is 7.05 Å². The Bertz CT molecular complexity index is 1330. The van der Waals surface area contributed by atoms with E-state index in [0.717, 1.165) is 85.8 Å². The van der Waals surface area contributed by atoms with E-state index in [1.165, 1.54) is 0 Å². The molecule has 1 aromatic carbocycles. The standard InChI is InChI=1S/C26H31N9O2/c1-34-17-20(16-31-34)32-19-14-29-26(30-15-19)33-18-2-4-22(5-3-18)37-24-13-21(35-8-10-36-11-9-35)12-23-25(24)28-7-6-27-23/h6-7,12-18,22,32H,2-5,8-11H2,1H3,(H,29,30,33). The van der Waals surface area contributed by atoms with E-state index in [0.29, 0.717) is 12.0 Å². The lowest BCUT2D eigenvalue weighted by molar-refractivity contribution is 0.122. The fourth-order valence-electron chi connectivity index (χ4n) is 4.93. The Kier molecular flexibility index (Phi) is 6.68. The van der Waals surface area contributed by atoms with Gasteiger partial charge in [0.2, 0.25) is 5.95 Å². The number of ether oxygens (including phenoxy) is 2. The summed E-state index contributed by atoms with van der Waals surface area (Å²) in [5.41, 5.74) is 4.51. The quantitative estimate of drug-likeness (QED) is 0.390. The summed E-state index contributed by atoms with van der Waals surface area (Å²) < 4.78 is 13.8. The fraction of sp³-hybridized carbons (Fsp3) is 0.423. The molecule has 0 spiro atoms. The second kappa shape index (κ2) is 10.6. The molecule has 4 aromatic rings. The van der Waals surface area contributed by atoms with Crippen LogP contribution in [0, 0.1) is 0 Å². The normalized spacial score (nSPS) is 20.1. The van der Waals surface area contributed by atoms with E-state index >= 15 is 0 Å². The molecule has 0 radical (unpaired) electrons. The summed E-state index contributed by atoms with van der Waals surface area (Å²) >= 11 is 0. The summed E-state index contributed by atoms with van der Waals surface area (Å²) in [6.45, 7) is 3.20. The van der Waals surface area contributed by atoms with Gasteiger partial charge in [-0.25, -0.2) is 15.0 Å². The first-order valence-electron chi connectivity index (χ1n) is 12.8. The van der Waals surface area contributed by atoms with Gasteiger partial charge in [0, 0.05) is 56.5 Å². The molecule has 37 heavy (non-hydrogen) atoms. The lowest BCUT2D eigenvalue weighted by Gasteiger charge is -2.31. The summed E-state index contributed by atoms with van der Waals surface area (Å²) in [6.07, 6.45) is 14.7. The van der Waals surface area contributed by atoms with Crippen molar-refractivity contribution in [3.63, 3.8) is 0 Å². The third-order valence-corrected chi connectivity index (χ3v) is 6.85. The smallest absolute Gasteiger partial charge is 0.222 e. The maximum absolute atomic E-state index is 6.54. The molecule has 0 bridgehead atoms. The molecule has 2 fully saturated rings. The van der Waals surface area contributed by atoms with E-state index in [4.69, 9.17) is 9.47 Å². The topological polar surface area (TPSA) is 115 Å². The number of benzene rings is 1. The van der Waals surface area contributed by atoms with Crippen LogP contribution < -0.4 is 20.3 Å². The number of aryl methyl sites for hydroxylation is 1. The van der Waals surface area contributed by atoms with Crippen LogP contribution in [-0.2, 0) is 11.8 Å². The third-order valence-electron chi connectivity index (χ3n) is 6.85. The molecule has 3 aromatic heterocycles. The van der Waals surface area contributed by atoms with E-state index in [1.807, 2.05) is 13.2 Å². The molecular weight excluding hydrogens is 470 g/mol. The largest absolute Gasteiger partial charge is 0.488 e. The number of nitrogens with zero attached hydrogens (tertiary/aromatic N) is 7. The molecule has 1 aliphatic carbocycles. The Morgan fingerprint density at radius 2 is 1.70 bits per heavy atom. The average Bonchev–Trinajstić information content (AvgIpc) is 3.35. The van der Waals surface area contributed by atoms with Crippen LogP contribution in [-0.4, -0.2) is 68.2 Å². The van der Waals surface area contributed by atoms with Crippen molar-refractivity contribution < 1.29 is 9.47 Å². The van der Waals surface area contributed by atoms with E-state index < -0.39 is 0 Å². The number of anilines is 4. The number of rotatable bonds is 7. The molecule has 192 valence electrons. The molecule has 0 unspecified atom stereocenters. The van der Waals surface area contributed by atoms with Gasteiger partial charge in [-0.2, -0.15) is 5.10 Å². The molecular formula is C26H31N9O2. The molecule has 1 saturated carbocycles. The van der Waals surface area contributed by atoms with Crippen LogP contribution in [0.15, 0.2) is 49.3 Å². The highest BCUT2D eigenvalue weighted by Crippen LogP contribution is 2.33. The van der Waals surface area contributed by atoms with Crippen molar-refractivity contribution in [2.45, 2.75) is 37.8 Å². The van der Waals surface area contributed by atoms with Gasteiger partial charge in [0.25, 0.3) is 0 Å². The van der Waals surface area contributed by atoms with Gasteiger partial charge >= 0.3 is 0 Å². The number of fused-ring (bicyclic) bond motifs is 1. The number of hydrogen-bond donors (Lipinski definition) is 2. The predicted molar refractivity (Wildman–Crippen MR) is 141 cm³/mol. The zero-order valence-corrected chi connectivity index (χ0v) is 20.9. The lowest BCUT2D eigenvalue weighted by Crippen LogP contribution is -2.36. The fourth-order valence-corrected chi connectivity index (χ4v) is 4.93. The average molecular weight is 502 g/mol. The van der Waals surface area contributed by atoms with Crippen LogP contribution in [0.5, 0.6) is 5.75 Å². The molecule has 6 rings (SSSR count). The molecule has 0 amide bonds. The first-order chi connectivity index (χ1) is 18.2. The Hall–Kier alpha value is -3.99. The van der Waals surface area contributed by atoms with E-state index in [-0.39, 0.29) is 6.10 Å². The van der Waals surface area contributed by atoms with Gasteiger partial charge in [0.05, 0.1) is 54.8 Å². The third kappa shape index (κ3) is 5.56. The molecule has 0 atom stereocenters. The van der Waals surface area contributed by atoms with Crippen LogP contribution in [0.2, 0.25) is 0 Å². The zero-order chi connectivity index (χ0) is 25.0. The monoisotopic (exact) mass is 501 g/mol. The van der Waals surface area contributed by atoms with Gasteiger partial charge in [-0.1, -0.05) is 0 Å². The van der Waals surface area contributed by atoms with Crippen molar-refractivity contribution in [2.75, 3.05) is 41.8 Å². The summed E-state index contributed by atoms with van der Waals surface area (Å²) in [5, 5.41) is 10.9. The van der Waals surface area contributed by atoms with E-state index in [2.05, 4.69) is 52.7 Å². The molecule has 2 aliphatic rings. The Morgan fingerprint density at radius 1 is 0.919 bits per heavy atom. The minimum atomic E-state index is 0.134.